The molecule has 2 heterocycles. The number of benzene rings is 1. The van der Waals surface area contributed by atoms with Gasteiger partial charge in [0.15, 0.2) is 0 Å². The molecule has 39 heavy (non-hydrogen) atoms. The highest BCUT2D eigenvalue weighted by Crippen LogP contribution is 2.34. The molecule has 9 nitrogen and oxygen atoms in total. The van der Waals surface area contributed by atoms with Crippen LogP contribution < -0.4 is 5.32 Å². The van der Waals surface area contributed by atoms with Crippen LogP contribution in [0.5, 0.6) is 0 Å². The molecule has 2 amide bonds. The average Bonchev–Trinajstić information content (AvgIpc) is 3.26. The number of likely N-dealkylation sites (tertiary alicyclic amines) is 2. The zero-order valence-electron chi connectivity index (χ0n) is 22.7. The fraction of sp³-hybridized carbons (Fsp3) is 0.593. The van der Waals surface area contributed by atoms with Crippen LogP contribution in [-0.4, -0.2) is 88.1 Å². The highest BCUT2D eigenvalue weighted by Gasteiger charge is 2.44. The van der Waals surface area contributed by atoms with Gasteiger partial charge in [-0.25, -0.2) is 13.6 Å². The van der Waals surface area contributed by atoms with Gasteiger partial charge in [-0.05, 0) is 58.1 Å². The van der Waals surface area contributed by atoms with Crippen molar-refractivity contribution < 1.29 is 33.2 Å². The number of hydrogen-bond donors (Lipinski definition) is 3. The molecule has 0 bridgehead atoms. The fourth-order valence-corrected chi connectivity index (χ4v) is 5.15. The van der Waals surface area contributed by atoms with Crippen LogP contribution in [0, 0.1) is 11.3 Å². The Morgan fingerprint density at radius 2 is 1.92 bits per heavy atom. The molecule has 212 valence electrons. The number of alkyl carbamates (subject to hydrolysis) is 1. The highest BCUT2D eigenvalue weighted by molar-refractivity contribution is 6.43. The largest absolute Gasteiger partial charge is 0.475 e. The van der Waals surface area contributed by atoms with Crippen LogP contribution in [-0.2, 0) is 16.0 Å². The summed E-state index contributed by atoms with van der Waals surface area (Å²) in [5, 5.41) is 31.8. The molecule has 0 radical (unpaired) electrons. The van der Waals surface area contributed by atoms with Crippen LogP contribution in [0.15, 0.2) is 42.0 Å². The van der Waals surface area contributed by atoms with E-state index in [4.69, 9.17) is 4.74 Å². The first-order valence-corrected chi connectivity index (χ1v) is 13.2. The zero-order valence-corrected chi connectivity index (χ0v) is 22.7. The van der Waals surface area contributed by atoms with Crippen molar-refractivity contribution in [2.24, 2.45) is 0 Å². The highest BCUT2D eigenvalue weighted by atomic mass is 19.3. The molecule has 2 aliphatic rings. The van der Waals surface area contributed by atoms with Crippen molar-refractivity contribution in [1.82, 2.24) is 15.1 Å². The van der Waals surface area contributed by atoms with E-state index in [9.17, 15) is 33.7 Å². The molecule has 1 aromatic rings. The minimum absolute atomic E-state index is 0.154. The van der Waals surface area contributed by atoms with Crippen LogP contribution in [0.3, 0.4) is 0 Å². The number of amides is 2. The van der Waals surface area contributed by atoms with Gasteiger partial charge in [0.05, 0.1) is 18.0 Å². The summed E-state index contributed by atoms with van der Waals surface area (Å²) in [7, 11) is -1.82. The Morgan fingerprint density at radius 3 is 2.51 bits per heavy atom. The lowest BCUT2D eigenvalue weighted by Gasteiger charge is -2.44. The van der Waals surface area contributed by atoms with Crippen molar-refractivity contribution in [2.75, 3.05) is 26.2 Å². The third-order valence-corrected chi connectivity index (χ3v) is 7.55. The molecule has 3 N–H and O–H groups in total. The van der Waals surface area contributed by atoms with Crippen molar-refractivity contribution in [1.29, 1.82) is 5.26 Å². The van der Waals surface area contributed by atoms with Crippen molar-refractivity contribution in [3.05, 3.63) is 47.5 Å². The number of nitrogens with zero attached hydrogens (tertiary/aromatic N) is 3. The van der Waals surface area contributed by atoms with Gasteiger partial charge in [0.2, 0.25) is 0 Å². The van der Waals surface area contributed by atoms with Crippen LogP contribution in [0.2, 0.25) is 0 Å². The molecular formula is C27H37BF2N4O5. The van der Waals surface area contributed by atoms with Gasteiger partial charge >= 0.3 is 13.2 Å². The summed E-state index contributed by atoms with van der Waals surface area (Å²) in [6, 6.07) is 11.0. The van der Waals surface area contributed by atoms with Gasteiger partial charge < -0.3 is 25.0 Å². The number of piperidine rings is 1. The average molecular weight is 546 g/mol. The molecule has 0 aromatic heterocycles. The second kappa shape index (κ2) is 12.4. The summed E-state index contributed by atoms with van der Waals surface area (Å²) < 4.78 is 33.0. The first-order valence-electron chi connectivity index (χ1n) is 13.2. The molecule has 0 saturated carbocycles. The topological polar surface area (TPSA) is 126 Å². The summed E-state index contributed by atoms with van der Waals surface area (Å²) in [5.74, 6) is -4.36. The quantitative estimate of drug-likeness (QED) is 0.247. The predicted octanol–water partition coefficient (Wildman–Crippen LogP) is 2.68. The Hall–Kier alpha value is -3.01. The molecule has 2 aliphatic heterocycles. The van der Waals surface area contributed by atoms with E-state index < -0.39 is 48.6 Å². The first-order chi connectivity index (χ1) is 18.3. The summed E-state index contributed by atoms with van der Waals surface area (Å²) in [4.78, 5) is 29.2. The zero-order chi connectivity index (χ0) is 28.8. The second-order valence-corrected chi connectivity index (χ2v) is 11.2. The third kappa shape index (κ3) is 8.00. The monoisotopic (exact) mass is 546 g/mol. The minimum atomic E-state index is -2.81. The van der Waals surface area contributed by atoms with E-state index in [1.807, 2.05) is 12.1 Å². The van der Waals surface area contributed by atoms with E-state index in [-0.39, 0.29) is 31.6 Å². The summed E-state index contributed by atoms with van der Waals surface area (Å²) >= 11 is 0. The fourth-order valence-electron chi connectivity index (χ4n) is 5.15. The van der Waals surface area contributed by atoms with Gasteiger partial charge in [-0.2, -0.15) is 5.26 Å². The van der Waals surface area contributed by atoms with E-state index in [1.54, 1.807) is 49.9 Å². The maximum Gasteiger partial charge on any atom is 0.475 e. The van der Waals surface area contributed by atoms with Gasteiger partial charge in [0.1, 0.15) is 18.2 Å². The maximum absolute atomic E-state index is 13.8. The van der Waals surface area contributed by atoms with Gasteiger partial charge in [-0.15, -0.1) is 0 Å². The predicted molar refractivity (Wildman–Crippen MR) is 141 cm³/mol. The van der Waals surface area contributed by atoms with Crippen molar-refractivity contribution in [3.63, 3.8) is 0 Å². The maximum atomic E-state index is 13.8. The summed E-state index contributed by atoms with van der Waals surface area (Å²) in [6.45, 7) is 5.04. The number of halogens is 2. The Morgan fingerprint density at radius 1 is 1.23 bits per heavy atom. The molecule has 0 aliphatic carbocycles. The molecule has 3 rings (SSSR count). The molecule has 0 unspecified atom stereocenters. The van der Waals surface area contributed by atoms with E-state index >= 15 is 0 Å². The molecule has 2 atom stereocenters. The number of rotatable bonds is 9. The lowest BCUT2D eigenvalue weighted by molar-refractivity contribution is -0.136. The first kappa shape index (κ1) is 30.5. The van der Waals surface area contributed by atoms with Crippen LogP contribution in [0.1, 0.15) is 52.0 Å². The van der Waals surface area contributed by atoms with Crippen LogP contribution >= 0.6 is 0 Å². The number of ether oxygens (including phenoxy) is 1. The summed E-state index contributed by atoms with van der Waals surface area (Å²) in [6.07, 6.45) is 2.46. The normalized spacial score (nSPS) is 22.6. The standard InChI is InChI=1S/C27H37BF2N4O5/c1-25(2,33-14-12-27(29,30)18-33)16-21(17-31)23(35)34-13-8-7-11-26(34,3)19-39-24(36)32-22(28(37)38)15-20-9-5-4-6-10-20/h4-6,9-10,16,22,37-38H,7-8,11-15,18-19H2,1-3H3,(H,32,36)/t22-,26+/m0/s1. The Bertz CT molecular complexity index is 1100. The number of carbonyl (C=O) groups excluding carboxylic acids is 2. The van der Waals surface area contributed by atoms with Crippen molar-refractivity contribution >= 4 is 19.1 Å². The minimum Gasteiger partial charge on any atom is -0.447 e. The lowest BCUT2D eigenvalue weighted by Crippen LogP contribution is -2.57. The smallest absolute Gasteiger partial charge is 0.447 e. The van der Waals surface area contributed by atoms with E-state index in [1.165, 1.54) is 11.0 Å². The SMILES string of the molecule is CC(C)(C=C(C#N)C(=O)N1CCCC[C@]1(C)COC(=O)N[C@@H](Cc1ccccc1)B(O)O)N1CCC(F)(F)C1. The van der Waals surface area contributed by atoms with Gasteiger partial charge in [-0.3, -0.25) is 9.69 Å². The number of hydrogen-bond acceptors (Lipinski definition) is 7. The van der Waals surface area contributed by atoms with E-state index in [2.05, 4.69) is 5.32 Å². The Balaban J connectivity index is 1.68. The number of nitrogens with one attached hydrogen (secondary N) is 1. The van der Waals surface area contributed by atoms with Crippen LogP contribution in [0.4, 0.5) is 13.6 Å². The van der Waals surface area contributed by atoms with Crippen molar-refractivity contribution in [2.45, 2.75) is 75.8 Å². The Kier molecular flexibility index (Phi) is 9.75. The van der Waals surface area contributed by atoms with Gasteiger partial charge in [0.25, 0.3) is 11.8 Å². The van der Waals surface area contributed by atoms with E-state index in [0.29, 0.717) is 19.4 Å². The Labute approximate surface area is 228 Å². The summed E-state index contributed by atoms with van der Waals surface area (Å²) in [5.41, 5.74) is -1.22. The second-order valence-electron chi connectivity index (χ2n) is 11.2. The molecule has 0 spiro atoms. The molecule has 1 aromatic carbocycles. The number of alkyl halides is 2. The van der Waals surface area contributed by atoms with Gasteiger partial charge in [-0.1, -0.05) is 30.3 Å². The molecular weight excluding hydrogens is 509 g/mol. The molecule has 2 fully saturated rings. The number of carbonyl (C=O) groups is 2. The lowest BCUT2D eigenvalue weighted by atomic mass is 9.76. The molecule has 2 saturated heterocycles. The number of nitriles is 1. The van der Waals surface area contributed by atoms with E-state index in [0.717, 1.165) is 12.0 Å². The van der Waals surface area contributed by atoms with Crippen molar-refractivity contribution in [3.8, 4) is 6.07 Å². The molecule has 12 heteroatoms. The van der Waals surface area contributed by atoms with Crippen LogP contribution in [0.25, 0.3) is 0 Å². The third-order valence-electron chi connectivity index (χ3n) is 7.55. The van der Waals surface area contributed by atoms with Gasteiger partial charge in [0, 0.05) is 25.0 Å².